The van der Waals surface area contributed by atoms with Crippen LogP contribution in [-0.2, 0) is 37.4 Å². The number of hydrogen-bond acceptors (Lipinski definition) is 9. The van der Waals surface area contributed by atoms with E-state index in [0.29, 0.717) is 31.5 Å². The number of unbranched alkanes of at least 4 members (excludes halogenated alkanes) is 8. The van der Waals surface area contributed by atoms with Gasteiger partial charge in [-0.25, -0.2) is 4.57 Å². The van der Waals surface area contributed by atoms with Gasteiger partial charge in [-0.15, -0.1) is 0 Å². The number of esters is 2. The topological polar surface area (TPSA) is 147 Å². The molecule has 0 spiro atoms. The highest BCUT2D eigenvalue weighted by molar-refractivity contribution is 7.47. The summed E-state index contributed by atoms with van der Waals surface area (Å²) < 4.78 is 38.4. The molecule has 0 saturated carbocycles. The maximum atomic E-state index is 12.6. The smallest absolute Gasteiger partial charge is 0.462 e. The minimum absolute atomic E-state index is 0.0340. The second-order valence-electron chi connectivity index (χ2n) is 13.9. The van der Waals surface area contributed by atoms with Gasteiger partial charge in [-0.1, -0.05) is 125 Å². The van der Waals surface area contributed by atoms with Crippen molar-refractivity contribution in [2.75, 3.05) is 26.4 Å². The fourth-order valence-electron chi connectivity index (χ4n) is 5.42. The first-order valence-corrected chi connectivity index (χ1v) is 22.7. The van der Waals surface area contributed by atoms with Crippen molar-refractivity contribution in [1.29, 1.82) is 0 Å². The number of phosphoric ester groups is 1. The molecule has 0 aromatic heterocycles. The van der Waals surface area contributed by atoms with Crippen LogP contribution in [0.25, 0.3) is 0 Å². The van der Waals surface area contributed by atoms with Gasteiger partial charge >= 0.3 is 19.8 Å². The third kappa shape index (κ3) is 33.3. The van der Waals surface area contributed by atoms with Gasteiger partial charge in [-0.05, 0) is 89.9 Å². The molecule has 1 aliphatic rings. The molecule has 1 rings (SSSR count). The summed E-state index contributed by atoms with van der Waals surface area (Å²) in [4.78, 5) is 34.9. The number of nitrogens with two attached hydrogens (primary N) is 1. The van der Waals surface area contributed by atoms with E-state index >= 15 is 0 Å². The summed E-state index contributed by atoms with van der Waals surface area (Å²) in [6.07, 6.45) is 47.9. The van der Waals surface area contributed by atoms with Crippen LogP contribution in [0.1, 0.15) is 142 Å². The van der Waals surface area contributed by atoms with E-state index in [0.717, 1.165) is 77.0 Å². The predicted molar refractivity (Wildman–Crippen MR) is 228 cm³/mol. The summed E-state index contributed by atoms with van der Waals surface area (Å²) in [5, 5.41) is 0. The van der Waals surface area contributed by atoms with Gasteiger partial charge < -0.3 is 24.8 Å². The van der Waals surface area contributed by atoms with Gasteiger partial charge in [0, 0.05) is 19.4 Å². The molecule has 1 aliphatic heterocycles. The highest BCUT2D eigenvalue weighted by Gasteiger charge is 2.36. The Morgan fingerprint density at radius 2 is 1.16 bits per heavy atom. The van der Waals surface area contributed by atoms with Crippen molar-refractivity contribution in [3.63, 3.8) is 0 Å². The summed E-state index contributed by atoms with van der Waals surface area (Å²) in [7, 11) is -4.41. The van der Waals surface area contributed by atoms with Crippen LogP contribution >= 0.6 is 7.82 Å². The Labute approximate surface area is 339 Å². The van der Waals surface area contributed by atoms with Crippen molar-refractivity contribution in [2.45, 2.75) is 161 Å². The van der Waals surface area contributed by atoms with E-state index in [2.05, 4.69) is 92.8 Å². The number of epoxide rings is 1. The summed E-state index contributed by atoms with van der Waals surface area (Å²) >= 11 is 0. The van der Waals surface area contributed by atoms with Crippen molar-refractivity contribution >= 4 is 19.8 Å². The van der Waals surface area contributed by atoms with Crippen LogP contribution in [0.5, 0.6) is 0 Å². The molecule has 0 bridgehead atoms. The van der Waals surface area contributed by atoms with Gasteiger partial charge in [-0.3, -0.25) is 18.6 Å². The maximum absolute atomic E-state index is 12.6. The lowest BCUT2D eigenvalue weighted by molar-refractivity contribution is -0.161. The minimum atomic E-state index is -4.41. The summed E-state index contributed by atoms with van der Waals surface area (Å²) in [6, 6.07) is 0. The first-order valence-electron chi connectivity index (χ1n) is 21.2. The largest absolute Gasteiger partial charge is 0.472 e. The molecular weight excluding hydrogens is 729 g/mol. The Bertz CT molecular complexity index is 1260. The molecule has 10 nitrogen and oxygen atoms in total. The highest BCUT2D eigenvalue weighted by Crippen LogP contribution is 2.43. The van der Waals surface area contributed by atoms with Crippen LogP contribution in [-0.4, -0.2) is 61.5 Å². The Morgan fingerprint density at radius 3 is 1.79 bits per heavy atom. The van der Waals surface area contributed by atoms with Gasteiger partial charge in [-0.2, -0.15) is 0 Å². The van der Waals surface area contributed by atoms with E-state index < -0.39 is 32.5 Å². The Morgan fingerprint density at radius 1 is 0.643 bits per heavy atom. The Hall–Kier alpha value is -2.85. The fraction of sp³-hybridized carbons (Fsp3) is 0.644. The zero-order valence-electron chi connectivity index (χ0n) is 34.5. The van der Waals surface area contributed by atoms with E-state index in [-0.39, 0.29) is 32.6 Å². The first kappa shape index (κ1) is 51.2. The lowest BCUT2D eigenvalue weighted by atomic mass is 10.1. The minimum Gasteiger partial charge on any atom is -0.462 e. The van der Waals surface area contributed by atoms with Crippen LogP contribution in [0.15, 0.2) is 85.1 Å². The van der Waals surface area contributed by atoms with E-state index in [1.165, 1.54) is 19.3 Å². The molecule has 1 saturated heterocycles. The Kier molecular flexibility index (Phi) is 33.3. The maximum Gasteiger partial charge on any atom is 0.472 e. The van der Waals surface area contributed by atoms with Crippen molar-refractivity contribution in [1.82, 2.24) is 0 Å². The van der Waals surface area contributed by atoms with E-state index in [1.807, 2.05) is 6.08 Å². The number of rotatable bonds is 37. The number of carbonyl (C=O) groups is 2. The highest BCUT2D eigenvalue weighted by atomic mass is 31.2. The Balaban J connectivity index is 2.26. The third-order valence-corrected chi connectivity index (χ3v) is 9.65. The summed E-state index contributed by atoms with van der Waals surface area (Å²) in [5.74, 6) is -0.938. The second kappa shape index (κ2) is 36.5. The monoisotopic (exact) mass is 804 g/mol. The summed E-state index contributed by atoms with van der Waals surface area (Å²) in [5.41, 5.74) is 5.34. The molecule has 3 N–H and O–H groups in total. The van der Waals surface area contributed by atoms with Crippen LogP contribution in [0, 0.1) is 0 Å². The van der Waals surface area contributed by atoms with Crippen molar-refractivity contribution in [2.24, 2.45) is 5.73 Å². The molecule has 1 fully saturated rings. The molecule has 0 aliphatic carbocycles. The second-order valence-corrected chi connectivity index (χ2v) is 15.3. The normalized spacial score (nSPS) is 17.8. The molecule has 0 aromatic carbocycles. The van der Waals surface area contributed by atoms with Crippen molar-refractivity contribution in [3.8, 4) is 0 Å². The van der Waals surface area contributed by atoms with Gasteiger partial charge in [0.1, 0.15) is 6.61 Å². The van der Waals surface area contributed by atoms with E-state index in [1.54, 1.807) is 0 Å². The molecule has 3 unspecified atom stereocenters. The average molecular weight is 804 g/mol. The molecule has 318 valence electrons. The van der Waals surface area contributed by atoms with Crippen molar-refractivity contribution in [3.05, 3.63) is 85.1 Å². The standard InChI is InChI=1S/C45H74NO9P/c1-3-5-7-9-11-12-13-14-15-16-17-18-19-20-23-27-31-35-44(47)51-39-41(40-53-56(49,50)52-38-37-46)54-45(48)36-32-28-24-21-22-26-30-34-43-42(55-43)33-29-25-10-8-6-4-2/h5,7,11-12,14-15,17-18,21,24-26,29-30,41-43H,3-4,6,8-10,13,16,19-20,22-23,27-28,31-40,46H2,1-2H3,(H,49,50)/b7-5-,12-11-,15-14-,18-17-,24-21-,29-25-,30-26-/t41-,42?,43?/m1/s1. The number of phosphoric acid groups is 1. The lowest BCUT2D eigenvalue weighted by Gasteiger charge is -2.19. The van der Waals surface area contributed by atoms with Crippen LogP contribution < -0.4 is 5.73 Å². The van der Waals surface area contributed by atoms with E-state index in [4.69, 9.17) is 29.0 Å². The van der Waals surface area contributed by atoms with Gasteiger partial charge in [0.25, 0.3) is 0 Å². The molecule has 1 heterocycles. The predicted octanol–water partition coefficient (Wildman–Crippen LogP) is 11.0. The lowest BCUT2D eigenvalue weighted by Crippen LogP contribution is -2.29. The fourth-order valence-corrected chi connectivity index (χ4v) is 6.19. The molecule has 4 atom stereocenters. The average Bonchev–Trinajstić information content (AvgIpc) is 3.94. The van der Waals surface area contributed by atoms with Gasteiger partial charge in [0.2, 0.25) is 0 Å². The first-order chi connectivity index (χ1) is 27.3. The SMILES string of the molecule is CC/C=C\C/C=C\C/C=C\C/C=C\CCCCCCC(=O)OC[C@H](COP(=O)(O)OCCN)OC(=O)CCC/C=C\C/C=C\CC1OC1C/C=C\CCCCC. The quantitative estimate of drug-likeness (QED) is 0.0204. The van der Waals surface area contributed by atoms with Crippen molar-refractivity contribution < 1.29 is 42.3 Å². The van der Waals surface area contributed by atoms with Gasteiger partial charge in [0.15, 0.2) is 6.10 Å². The zero-order valence-corrected chi connectivity index (χ0v) is 35.4. The van der Waals surface area contributed by atoms with Gasteiger partial charge in [0.05, 0.1) is 25.4 Å². The zero-order chi connectivity index (χ0) is 40.8. The molecular formula is C45H74NO9P. The third-order valence-electron chi connectivity index (χ3n) is 8.67. The van der Waals surface area contributed by atoms with E-state index in [9.17, 15) is 19.0 Å². The number of hydrogen-bond donors (Lipinski definition) is 2. The molecule has 0 aromatic rings. The number of allylic oxidation sites excluding steroid dienone is 12. The van der Waals surface area contributed by atoms with Crippen LogP contribution in [0.2, 0.25) is 0 Å². The molecule has 11 heteroatoms. The summed E-state index contributed by atoms with van der Waals surface area (Å²) in [6.45, 7) is 3.46. The van der Waals surface area contributed by atoms with Crippen LogP contribution in [0.4, 0.5) is 0 Å². The number of ether oxygens (including phenoxy) is 3. The molecule has 56 heavy (non-hydrogen) atoms. The number of carbonyl (C=O) groups excluding carboxylic acids is 2. The molecule has 0 amide bonds. The molecule has 0 radical (unpaired) electrons. The van der Waals surface area contributed by atoms with Crippen LogP contribution in [0.3, 0.4) is 0 Å².